The lowest BCUT2D eigenvalue weighted by Crippen LogP contribution is -1.81. The van der Waals surface area contributed by atoms with Crippen molar-refractivity contribution in [1.82, 2.24) is 0 Å². The van der Waals surface area contributed by atoms with Crippen molar-refractivity contribution >= 4 is 0 Å². The van der Waals surface area contributed by atoms with Crippen LogP contribution in [-0.4, -0.2) is 0 Å². The lowest BCUT2D eigenvalue weighted by molar-refractivity contribution is 0.826. The van der Waals surface area contributed by atoms with E-state index >= 15 is 0 Å². The molecule has 0 fully saturated rings. The number of hydrogen-bond donors (Lipinski definition) is 0. The van der Waals surface area contributed by atoms with Gasteiger partial charge in [-0.15, -0.1) is 0 Å². The Morgan fingerprint density at radius 2 is 2.08 bits per heavy atom. The monoisotopic (exact) mass is 164 g/mol. The Morgan fingerprint density at radius 3 is 2.58 bits per heavy atom. The highest BCUT2D eigenvalue weighted by molar-refractivity contribution is 5.04. The van der Waals surface area contributed by atoms with E-state index in [1.54, 1.807) is 5.57 Å². The summed E-state index contributed by atoms with van der Waals surface area (Å²) in [6.45, 7) is 7.98. The largest absolute Gasteiger partial charge is 0.0991 e. The smallest absolute Gasteiger partial charge is 0.0286 e. The molecule has 0 aromatic rings. The first kappa shape index (κ1) is 11.2. The molecule has 0 aliphatic rings. The van der Waals surface area contributed by atoms with E-state index < -0.39 is 0 Å². The van der Waals surface area contributed by atoms with Gasteiger partial charge in [0, 0.05) is 0 Å². The Balaban J connectivity index is 3.59. The molecule has 0 N–H and O–H groups in total. The molecular formula is C12H20. The van der Waals surface area contributed by atoms with Crippen LogP contribution >= 0.6 is 0 Å². The van der Waals surface area contributed by atoms with Crippen LogP contribution in [0.4, 0.5) is 0 Å². The minimum Gasteiger partial charge on any atom is -0.0991 e. The molecule has 68 valence electrons. The molecule has 0 unspecified atom stereocenters. The normalized spacial score (nSPS) is 12.3. The van der Waals surface area contributed by atoms with E-state index in [1.165, 1.54) is 19.3 Å². The van der Waals surface area contributed by atoms with E-state index in [9.17, 15) is 0 Å². The Hall–Kier alpha value is -0.780. The summed E-state index contributed by atoms with van der Waals surface area (Å²) in [5, 5.41) is 0. The van der Waals surface area contributed by atoms with Crippen LogP contribution in [0.2, 0.25) is 0 Å². The highest BCUT2D eigenvalue weighted by Gasteiger charge is 1.91. The maximum absolute atomic E-state index is 3.63. The van der Waals surface area contributed by atoms with Crippen LogP contribution in [0.5, 0.6) is 0 Å². The highest BCUT2D eigenvalue weighted by Crippen LogP contribution is 2.11. The van der Waals surface area contributed by atoms with Gasteiger partial charge in [0.15, 0.2) is 0 Å². The van der Waals surface area contributed by atoms with Crippen LogP contribution in [0.1, 0.15) is 39.5 Å². The SMILES string of the molecule is C=CC=CCCC(=CC)CCC. The molecule has 0 heteroatoms. The Kier molecular flexibility index (Phi) is 7.78. The Labute approximate surface area is 76.7 Å². The molecule has 0 aromatic carbocycles. The summed E-state index contributed by atoms with van der Waals surface area (Å²) in [5.74, 6) is 0. The quantitative estimate of drug-likeness (QED) is 0.406. The van der Waals surface area contributed by atoms with Crippen molar-refractivity contribution in [2.24, 2.45) is 0 Å². The van der Waals surface area contributed by atoms with Crippen molar-refractivity contribution in [3.8, 4) is 0 Å². The van der Waals surface area contributed by atoms with E-state index in [0.29, 0.717) is 0 Å². The van der Waals surface area contributed by atoms with Crippen molar-refractivity contribution in [2.45, 2.75) is 39.5 Å². The maximum atomic E-state index is 3.63. The Bertz CT molecular complexity index is 161. The molecule has 0 radical (unpaired) electrons. The minimum atomic E-state index is 1.14. The molecule has 0 nitrogen and oxygen atoms in total. The molecule has 0 saturated carbocycles. The van der Waals surface area contributed by atoms with Gasteiger partial charge in [0.25, 0.3) is 0 Å². The first-order valence-electron chi connectivity index (χ1n) is 4.76. The first-order valence-corrected chi connectivity index (χ1v) is 4.76. The van der Waals surface area contributed by atoms with E-state index in [2.05, 4.69) is 32.6 Å². The van der Waals surface area contributed by atoms with Gasteiger partial charge in [0.05, 0.1) is 0 Å². The zero-order valence-corrected chi connectivity index (χ0v) is 8.34. The predicted octanol–water partition coefficient (Wildman–Crippen LogP) is 4.26. The van der Waals surface area contributed by atoms with Crippen molar-refractivity contribution < 1.29 is 0 Å². The fraction of sp³-hybridized carbons (Fsp3) is 0.500. The lowest BCUT2D eigenvalue weighted by Gasteiger charge is -2.01. The first-order chi connectivity index (χ1) is 5.85. The summed E-state index contributed by atoms with van der Waals surface area (Å²) >= 11 is 0. The van der Waals surface area contributed by atoms with Gasteiger partial charge in [-0.25, -0.2) is 0 Å². The molecule has 0 saturated heterocycles. The van der Waals surface area contributed by atoms with Crippen LogP contribution in [0, 0.1) is 0 Å². The van der Waals surface area contributed by atoms with Gasteiger partial charge in [-0.3, -0.25) is 0 Å². The van der Waals surface area contributed by atoms with Gasteiger partial charge in [-0.1, -0.05) is 49.8 Å². The van der Waals surface area contributed by atoms with Crippen molar-refractivity contribution in [2.75, 3.05) is 0 Å². The van der Waals surface area contributed by atoms with Gasteiger partial charge in [-0.2, -0.15) is 0 Å². The maximum Gasteiger partial charge on any atom is -0.0286 e. The van der Waals surface area contributed by atoms with Crippen LogP contribution in [-0.2, 0) is 0 Å². The minimum absolute atomic E-state index is 1.14. The second-order valence-electron chi connectivity index (χ2n) is 2.90. The summed E-state index contributed by atoms with van der Waals surface area (Å²) in [5.41, 5.74) is 1.58. The van der Waals surface area contributed by atoms with Gasteiger partial charge in [0.1, 0.15) is 0 Å². The Morgan fingerprint density at radius 1 is 1.33 bits per heavy atom. The van der Waals surface area contributed by atoms with Crippen LogP contribution < -0.4 is 0 Å². The predicted molar refractivity (Wildman–Crippen MR) is 57.2 cm³/mol. The molecule has 0 rings (SSSR count). The molecular weight excluding hydrogens is 144 g/mol. The molecule has 0 amide bonds. The molecule has 0 heterocycles. The fourth-order valence-electron chi connectivity index (χ4n) is 1.20. The third-order valence-corrected chi connectivity index (χ3v) is 1.88. The standard InChI is InChI=1S/C12H20/c1-4-7-8-9-11-12(6-3)10-5-2/h4,6-8H,1,5,9-11H2,2-3H3. The third kappa shape index (κ3) is 5.96. The molecule has 0 aliphatic carbocycles. The van der Waals surface area contributed by atoms with Gasteiger partial charge in [-0.05, 0) is 26.2 Å². The molecule has 12 heavy (non-hydrogen) atoms. The molecule has 0 aromatic heterocycles. The van der Waals surface area contributed by atoms with Gasteiger partial charge < -0.3 is 0 Å². The number of hydrogen-bond acceptors (Lipinski definition) is 0. The molecule has 0 spiro atoms. The molecule has 0 atom stereocenters. The van der Waals surface area contributed by atoms with Crippen molar-refractivity contribution in [1.29, 1.82) is 0 Å². The third-order valence-electron chi connectivity index (χ3n) is 1.88. The van der Waals surface area contributed by atoms with Crippen LogP contribution in [0.15, 0.2) is 36.5 Å². The van der Waals surface area contributed by atoms with E-state index in [-0.39, 0.29) is 0 Å². The van der Waals surface area contributed by atoms with E-state index in [0.717, 1.165) is 6.42 Å². The molecule has 0 bridgehead atoms. The van der Waals surface area contributed by atoms with E-state index in [1.807, 2.05) is 12.2 Å². The topological polar surface area (TPSA) is 0 Å². The van der Waals surface area contributed by atoms with Crippen LogP contribution in [0.3, 0.4) is 0 Å². The average molecular weight is 164 g/mol. The summed E-state index contributed by atoms with van der Waals surface area (Å²) in [6.07, 6.45) is 13.1. The highest BCUT2D eigenvalue weighted by atomic mass is 14.0. The summed E-state index contributed by atoms with van der Waals surface area (Å²) in [7, 11) is 0. The van der Waals surface area contributed by atoms with E-state index in [4.69, 9.17) is 0 Å². The summed E-state index contributed by atoms with van der Waals surface area (Å²) in [6, 6.07) is 0. The fourth-order valence-corrected chi connectivity index (χ4v) is 1.20. The lowest BCUT2D eigenvalue weighted by atomic mass is 10.1. The summed E-state index contributed by atoms with van der Waals surface area (Å²) < 4.78 is 0. The number of allylic oxidation sites excluding steroid dienone is 5. The second kappa shape index (κ2) is 8.32. The second-order valence-corrected chi connectivity index (χ2v) is 2.90. The van der Waals surface area contributed by atoms with Gasteiger partial charge >= 0.3 is 0 Å². The molecule has 0 aliphatic heterocycles. The van der Waals surface area contributed by atoms with Gasteiger partial charge in [0.2, 0.25) is 0 Å². The zero-order chi connectivity index (χ0) is 9.23. The average Bonchev–Trinajstić information content (AvgIpc) is 2.10. The van der Waals surface area contributed by atoms with Crippen molar-refractivity contribution in [3.05, 3.63) is 36.5 Å². The summed E-state index contributed by atoms with van der Waals surface area (Å²) in [4.78, 5) is 0. The zero-order valence-electron chi connectivity index (χ0n) is 8.34. The van der Waals surface area contributed by atoms with Crippen molar-refractivity contribution in [3.63, 3.8) is 0 Å². The number of rotatable bonds is 6. The van der Waals surface area contributed by atoms with Crippen LogP contribution in [0.25, 0.3) is 0 Å².